The minimum absolute atomic E-state index is 0.487. The molecule has 0 bridgehead atoms. The second-order valence-corrected chi connectivity index (χ2v) is 3.40. The molecule has 0 radical (unpaired) electrons. The van der Waals surface area contributed by atoms with E-state index in [1.54, 1.807) is 0 Å². The maximum absolute atomic E-state index is 10.4. The summed E-state index contributed by atoms with van der Waals surface area (Å²) in [6.45, 7) is 0. The van der Waals surface area contributed by atoms with Crippen LogP contribution >= 0.6 is 7.82 Å². The molecule has 0 aliphatic rings. The predicted octanol–water partition coefficient (Wildman–Crippen LogP) is -1.74. The van der Waals surface area contributed by atoms with Gasteiger partial charge < -0.3 is 28.8 Å². The Hall–Kier alpha value is -1.36. The molecule has 7 heteroatoms. The Morgan fingerprint density at radius 1 is 1.29 bits per heavy atom. The van der Waals surface area contributed by atoms with Crippen molar-refractivity contribution in [3.8, 4) is 5.75 Å². The first-order valence-corrected chi connectivity index (χ1v) is 4.88. The van der Waals surface area contributed by atoms with Gasteiger partial charge in [-0.1, -0.05) is 12.1 Å². The zero-order valence-electron chi connectivity index (χ0n) is 6.71. The number of aromatic carboxylic acids is 1. The van der Waals surface area contributed by atoms with E-state index in [0.717, 1.165) is 12.1 Å². The van der Waals surface area contributed by atoms with Gasteiger partial charge in [0.1, 0.15) is 13.6 Å². The van der Waals surface area contributed by atoms with E-state index in [1.165, 1.54) is 12.1 Å². The Morgan fingerprint density at radius 2 is 1.86 bits per heavy atom. The van der Waals surface area contributed by atoms with Crippen LogP contribution in [0.3, 0.4) is 0 Å². The second-order valence-electron chi connectivity index (χ2n) is 2.32. The zero-order valence-corrected chi connectivity index (χ0v) is 7.60. The largest absolute Gasteiger partial charge is 0.780 e. The number of phosphoric acid groups is 1. The minimum atomic E-state index is -5.25. The molecule has 0 aliphatic heterocycles. The number of carboxylic acids is 1. The van der Waals surface area contributed by atoms with Crippen molar-refractivity contribution < 1.29 is 28.8 Å². The molecule has 0 heterocycles. The summed E-state index contributed by atoms with van der Waals surface area (Å²) in [7, 11) is -5.25. The van der Waals surface area contributed by atoms with Crippen LogP contribution in [0.25, 0.3) is 0 Å². The van der Waals surface area contributed by atoms with Crippen LogP contribution < -0.4 is 19.4 Å². The summed E-state index contributed by atoms with van der Waals surface area (Å²) >= 11 is 0. The van der Waals surface area contributed by atoms with Crippen LogP contribution in [-0.4, -0.2) is 5.97 Å². The van der Waals surface area contributed by atoms with E-state index in [0.29, 0.717) is 0 Å². The number of hydrogen-bond acceptors (Lipinski definition) is 6. The van der Waals surface area contributed by atoms with Gasteiger partial charge in [0.15, 0.2) is 0 Å². The monoisotopic (exact) mass is 215 g/mol. The van der Waals surface area contributed by atoms with E-state index in [2.05, 4.69) is 4.52 Å². The fourth-order valence-corrected chi connectivity index (χ4v) is 1.24. The highest BCUT2D eigenvalue weighted by atomic mass is 31.2. The lowest BCUT2D eigenvalue weighted by molar-refractivity contribution is -0.333. The summed E-state index contributed by atoms with van der Waals surface area (Å²) in [4.78, 5) is 30.8. The number of hydrogen-bond donors (Lipinski definition) is 0. The Morgan fingerprint density at radius 3 is 2.36 bits per heavy atom. The van der Waals surface area contributed by atoms with Gasteiger partial charge in [0.2, 0.25) is 0 Å². The van der Waals surface area contributed by atoms with Gasteiger partial charge in [-0.3, -0.25) is 0 Å². The molecule has 0 spiro atoms. The van der Waals surface area contributed by atoms with Crippen LogP contribution in [0, 0.1) is 0 Å². The number of para-hydroxylation sites is 1. The molecule has 1 rings (SSSR count). The smallest absolute Gasteiger partial charge is 0.133 e. The van der Waals surface area contributed by atoms with Gasteiger partial charge in [-0.15, -0.1) is 0 Å². The van der Waals surface area contributed by atoms with Crippen LogP contribution in [0.15, 0.2) is 24.3 Å². The van der Waals surface area contributed by atoms with Crippen LogP contribution in [0.2, 0.25) is 0 Å². The van der Waals surface area contributed by atoms with Gasteiger partial charge in [-0.2, -0.15) is 0 Å². The first kappa shape index (κ1) is 10.7. The molecule has 14 heavy (non-hydrogen) atoms. The van der Waals surface area contributed by atoms with Crippen LogP contribution in [0.4, 0.5) is 0 Å². The zero-order chi connectivity index (χ0) is 10.8. The molecule has 1 aromatic carbocycles. The molecule has 0 N–H and O–H groups in total. The second kappa shape index (κ2) is 3.79. The molecular weight excluding hydrogens is 211 g/mol. The highest BCUT2D eigenvalue weighted by Gasteiger charge is 2.04. The third kappa shape index (κ3) is 2.85. The number of rotatable bonds is 3. The van der Waals surface area contributed by atoms with E-state index in [4.69, 9.17) is 0 Å². The van der Waals surface area contributed by atoms with Crippen molar-refractivity contribution in [2.24, 2.45) is 0 Å². The maximum Gasteiger partial charge on any atom is 0.133 e. The average molecular weight is 215 g/mol. The van der Waals surface area contributed by atoms with Crippen LogP contribution in [0.5, 0.6) is 5.75 Å². The molecule has 6 nitrogen and oxygen atoms in total. The van der Waals surface area contributed by atoms with Crippen molar-refractivity contribution in [3.63, 3.8) is 0 Å². The molecule has 0 aliphatic carbocycles. The van der Waals surface area contributed by atoms with Gasteiger partial charge in [0, 0.05) is 5.56 Å². The molecule has 0 aromatic heterocycles. The molecule has 0 fully saturated rings. The minimum Gasteiger partial charge on any atom is -0.780 e. The third-order valence-corrected chi connectivity index (χ3v) is 1.74. The van der Waals surface area contributed by atoms with Crippen molar-refractivity contribution in [1.82, 2.24) is 0 Å². The van der Waals surface area contributed by atoms with Gasteiger partial charge in [0.25, 0.3) is 0 Å². The normalized spacial score (nSPS) is 11.0. The van der Waals surface area contributed by atoms with E-state index in [1.807, 2.05) is 0 Å². The molecule has 76 valence electrons. The van der Waals surface area contributed by atoms with Crippen molar-refractivity contribution in [3.05, 3.63) is 29.8 Å². The Balaban J connectivity index is 3.08. The molecular formula is C7H4O6P-3. The lowest BCUT2D eigenvalue weighted by Gasteiger charge is -2.30. The number of carbonyl (C=O) groups is 1. The number of carbonyl (C=O) groups excluding carboxylic acids is 1. The summed E-state index contributed by atoms with van der Waals surface area (Å²) in [5, 5.41) is 10.4. The van der Waals surface area contributed by atoms with Gasteiger partial charge >= 0.3 is 0 Å². The lowest BCUT2D eigenvalue weighted by Crippen LogP contribution is -2.24. The van der Waals surface area contributed by atoms with Crippen LogP contribution in [-0.2, 0) is 4.57 Å². The first-order valence-electron chi connectivity index (χ1n) is 3.42. The summed E-state index contributed by atoms with van der Waals surface area (Å²) in [6.07, 6.45) is 0. The lowest BCUT2D eigenvalue weighted by atomic mass is 10.2. The summed E-state index contributed by atoms with van der Waals surface area (Å²) < 4.78 is 14.1. The molecule has 0 saturated carbocycles. The topological polar surface area (TPSA) is 113 Å². The number of carboxylic acid groups (broad SMARTS) is 1. The summed E-state index contributed by atoms with van der Waals surface area (Å²) in [5.41, 5.74) is -0.487. The number of phosphoric ester groups is 1. The molecule has 0 amide bonds. The standard InChI is InChI=1S/C7H7O6P/c8-7(9)5-3-1-2-4-6(5)13-14(10,11)12/h1-4H,(H,8,9)(H2,10,11,12)/p-3. The van der Waals surface area contributed by atoms with Crippen molar-refractivity contribution in [2.75, 3.05) is 0 Å². The van der Waals surface area contributed by atoms with Crippen molar-refractivity contribution in [1.29, 1.82) is 0 Å². The summed E-state index contributed by atoms with van der Waals surface area (Å²) in [6, 6.07) is 4.80. The quantitative estimate of drug-likeness (QED) is 0.553. The SMILES string of the molecule is O=C([O-])c1ccccc1OP(=O)([O-])[O-]. The predicted molar refractivity (Wildman–Crippen MR) is 39.0 cm³/mol. The third-order valence-electron chi connectivity index (χ3n) is 1.32. The van der Waals surface area contributed by atoms with E-state index >= 15 is 0 Å². The van der Waals surface area contributed by atoms with Crippen LogP contribution in [0.1, 0.15) is 10.4 Å². The maximum atomic E-state index is 10.4. The van der Waals surface area contributed by atoms with E-state index in [-0.39, 0.29) is 0 Å². The summed E-state index contributed by atoms with van der Waals surface area (Å²) in [5.74, 6) is -2.16. The Bertz CT molecular complexity index is 395. The fourth-order valence-electron chi connectivity index (χ4n) is 0.835. The van der Waals surface area contributed by atoms with Gasteiger partial charge in [-0.25, -0.2) is 0 Å². The first-order chi connectivity index (χ1) is 6.40. The highest BCUT2D eigenvalue weighted by molar-refractivity contribution is 7.43. The molecule has 0 saturated heterocycles. The number of benzene rings is 1. The van der Waals surface area contributed by atoms with Crippen molar-refractivity contribution in [2.45, 2.75) is 0 Å². The Labute approximate surface area is 79.0 Å². The highest BCUT2D eigenvalue weighted by Crippen LogP contribution is 2.31. The fraction of sp³-hybridized carbons (Fsp3) is 0. The van der Waals surface area contributed by atoms with E-state index < -0.39 is 25.1 Å². The Kier molecular flexibility index (Phi) is 2.90. The van der Waals surface area contributed by atoms with Crippen molar-refractivity contribution >= 4 is 13.8 Å². The van der Waals surface area contributed by atoms with E-state index in [9.17, 15) is 24.3 Å². The van der Waals surface area contributed by atoms with Gasteiger partial charge in [0.05, 0.1) is 5.97 Å². The molecule has 0 atom stereocenters. The van der Waals surface area contributed by atoms with Gasteiger partial charge in [-0.05, 0) is 12.1 Å². The molecule has 1 aromatic rings. The molecule has 0 unspecified atom stereocenters. The average Bonchev–Trinajstić information content (AvgIpc) is 2.01.